The van der Waals surface area contributed by atoms with E-state index in [4.69, 9.17) is 37.9 Å². The maximum Gasteiger partial charge on any atom is 0.119 e. The van der Waals surface area contributed by atoms with Gasteiger partial charge in [0.15, 0.2) is 0 Å². The van der Waals surface area contributed by atoms with Gasteiger partial charge in [-0.2, -0.15) is 0 Å². The minimum Gasteiger partial charge on any atom is -0.497 e. The first-order valence-corrected chi connectivity index (χ1v) is 31.1. The summed E-state index contributed by atoms with van der Waals surface area (Å²) in [5.41, 5.74) is 18.8. The number of nitrogens with zero attached hydrogens (tertiary/aromatic N) is 3. The van der Waals surface area contributed by atoms with E-state index in [1.165, 1.54) is 27.8 Å². The third-order valence-electron chi connectivity index (χ3n) is 18.5. The Morgan fingerprint density at radius 3 is 0.967 bits per heavy atom. The molecule has 11 aromatic carbocycles. The smallest absolute Gasteiger partial charge is 0.119 e. The van der Waals surface area contributed by atoms with Crippen molar-refractivity contribution in [3.63, 3.8) is 0 Å². The molecule has 92 heavy (non-hydrogen) atoms. The number of benzene rings is 11. The number of fused-ring (bicyclic) bond motifs is 8. The molecule has 3 unspecified atom stereocenters. The maximum absolute atomic E-state index is 5.75. The first kappa shape index (κ1) is 60.1. The van der Waals surface area contributed by atoms with E-state index in [0.29, 0.717) is 0 Å². The molecule has 0 spiro atoms. The molecule has 0 saturated heterocycles. The van der Waals surface area contributed by atoms with Gasteiger partial charge in [-0.05, 0) is 281 Å². The van der Waals surface area contributed by atoms with Gasteiger partial charge in [0.05, 0.1) is 56.9 Å². The highest BCUT2D eigenvalue weighted by Crippen LogP contribution is 2.57. The fourth-order valence-electron chi connectivity index (χ4n) is 13.8. The van der Waals surface area contributed by atoms with Crippen molar-refractivity contribution in [3.05, 3.63) is 277 Å². The zero-order chi connectivity index (χ0) is 63.2. The molecule has 0 aliphatic heterocycles. The molecule has 11 heteroatoms. The highest BCUT2D eigenvalue weighted by Gasteiger charge is 2.41. The van der Waals surface area contributed by atoms with Crippen molar-refractivity contribution >= 4 is 45.5 Å². The summed E-state index contributed by atoms with van der Waals surface area (Å²) in [6.07, 6.45) is 2.64. The summed E-state index contributed by atoms with van der Waals surface area (Å²) in [5.74, 6) is 6.29. The van der Waals surface area contributed by atoms with Gasteiger partial charge in [0.25, 0.3) is 0 Å². The monoisotopic (exact) mass is 1220 g/mol. The van der Waals surface area contributed by atoms with E-state index < -0.39 is 0 Å². The largest absolute Gasteiger partial charge is 0.497 e. The predicted molar refractivity (Wildman–Crippen MR) is 371 cm³/mol. The molecule has 1 fully saturated rings. The van der Waals surface area contributed by atoms with Crippen molar-refractivity contribution in [1.82, 2.24) is 0 Å². The minimum atomic E-state index is -0.143. The molecule has 0 bridgehead atoms. The topological polar surface area (TPSA) is 83.6 Å². The SMILES string of the molecule is COc1ccc(C(c2ccc(OC)cc2)c2ccc3c(c2)-c2cc(N(c4ccc(OC)cc4)c4ccc(OC)cc4)ccc2-c2ccc(N(c4ccc(OC)cc4)c4ccc(OC)cc4)cc2C2CC(N(c4ccc(OC)cc4)c4ccc(OC)cc4)CCC32)cc1. The normalized spacial score (nSPS) is 14.6. The van der Waals surface area contributed by atoms with E-state index in [1.54, 1.807) is 56.9 Å². The average Bonchev–Trinajstić information content (AvgIpc) is 0.736. The van der Waals surface area contributed by atoms with Crippen molar-refractivity contribution in [3.8, 4) is 68.2 Å². The number of anilines is 8. The van der Waals surface area contributed by atoms with Crippen LogP contribution < -0.4 is 52.6 Å². The van der Waals surface area contributed by atoms with E-state index >= 15 is 0 Å². The van der Waals surface area contributed by atoms with Crippen LogP contribution in [0.3, 0.4) is 0 Å². The van der Waals surface area contributed by atoms with Crippen molar-refractivity contribution in [1.29, 1.82) is 0 Å². The van der Waals surface area contributed by atoms with Gasteiger partial charge < -0.3 is 52.6 Å². The Balaban J connectivity index is 1.08. The lowest BCUT2D eigenvalue weighted by molar-refractivity contribution is 0.345. The van der Waals surface area contributed by atoms with E-state index in [0.717, 1.165) is 133 Å². The molecule has 0 amide bonds. The zero-order valence-corrected chi connectivity index (χ0v) is 53.2. The Kier molecular flexibility index (Phi) is 17.5. The van der Waals surface area contributed by atoms with Crippen molar-refractivity contribution in [2.24, 2.45) is 0 Å². The van der Waals surface area contributed by atoms with Crippen LogP contribution in [0.25, 0.3) is 22.3 Å². The van der Waals surface area contributed by atoms with E-state index in [2.05, 4.69) is 215 Å². The lowest BCUT2D eigenvalue weighted by Crippen LogP contribution is -2.38. The van der Waals surface area contributed by atoms with Gasteiger partial charge in [0.1, 0.15) is 46.0 Å². The second-order valence-electron chi connectivity index (χ2n) is 23.2. The van der Waals surface area contributed by atoms with Gasteiger partial charge >= 0.3 is 0 Å². The Bertz CT molecular complexity index is 4100. The van der Waals surface area contributed by atoms with Gasteiger partial charge in [-0.3, -0.25) is 0 Å². The first-order valence-electron chi connectivity index (χ1n) is 31.1. The second kappa shape index (κ2) is 26.7. The maximum atomic E-state index is 5.75. The molecule has 13 rings (SSSR count). The number of methoxy groups -OCH3 is 8. The number of ether oxygens (including phenoxy) is 8. The van der Waals surface area contributed by atoms with Crippen LogP contribution in [-0.2, 0) is 0 Å². The molecule has 462 valence electrons. The summed E-state index contributed by atoms with van der Waals surface area (Å²) < 4.78 is 45.9. The fraction of sp³-hybridized carbons (Fsp3) is 0.185. The molecule has 11 aromatic rings. The van der Waals surface area contributed by atoms with E-state index in [9.17, 15) is 0 Å². The predicted octanol–water partition coefficient (Wildman–Crippen LogP) is 19.8. The Morgan fingerprint density at radius 2 is 0.587 bits per heavy atom. The molecule has 0 heterocycles. The molecular formula is C81H75N3O8. The highest BCUT2D eigenvalue weighted by molar-refractivity contribution is 5.93. The third-order valence-corrected chi connectivity index (χ3v) is 18.5. The summed E-state index contributed by atoms with van der Waals surface area (Å²) in [6.45, 7) is 0. The van der Waals surface area contributed by atoms with Crippen LogP contribution >= 0.6 is 0 Å². The van der Waals surface area contributed by atoms with Gasteiger partial charge in [0.2, 0.25) is 0 Å². The summed E-state index contributed by atoms with van der Waals surface area (Å²) in [5, 5.41) is 0. The quantitative estimate of drug-likeness (QED) is 0.0684. The van der Waals surface area contributed by atoms with Crippen LogP contribution in [0.1, 0.15) is 64.8 Å². The van der Waals surface area contributed by atoms with Crippen LogP contribution in [0.2, 0.25) is 0 Å². The van der Waals surface area contributed by atoms with Crippen LogP contribution in [0.15, 0.2) is 249 Å². The Hall–Kier alpha value is -10.8. The fourth-order valence-corrected chi connectivity index (χ4v) is 13.8. The van der Waals surface area contributed by atoms with Gasteiger partial charge in [-0.25, -0.2) is 0 Å². The number of hydrogen-bond donors (Lipinski definition) is 0. The molecule has 2 aliphatic carbocycles. The molecule has 0 N–H and O–H groups in total. The second-order valence-corrected chi connectivity index (χ2v) is 23.2. The summed E-state index contributed by atoms with van der Waals surface area (Å²) >= 11 is 0. The first-order chi connectivity index (χ1) is 45.2. The van der Waals surface area contributed by atoms with E-state index in [1.807, 2.05) is 48.5 Å². The van der Waals surface area contributed by atoms with Crippen LogP contribution in [0.4, 0.5) is 45.5 Å². The molecule has 11 nitrogen and oxygen atoms in total. The van der Waals surface area contributed by atoms with Gasteiger partial charge in [-0.1, -0.05) is 48.5 Å². The van der Waals surface area contributed by atoms with Crippen molar-refractivity contribution < 1.29 is 37.9 Å². The van der Waals surface area contributed by atoms with Gasteiger partial charge in [0, 0.05) is 57.5 Å². The summed E-state index contributed by atoms with van der Waals surface area (Å²) in [7, 11) is 13.7. The van der Waals surface area contributed by atoms with Crippen LogP contribution in [-0.4, -0.2) is 62.9 Å². The Morgan fingerprint density at radius 1 is 0.261 bits per heavy atom. The number of rotatable bonds is 20. The summed E-state index contributed by atoms with van der Waals surface area (Å²) in [6, 6.07) is 88.9. The molecule has 0 radical (unpaired) electrons. The minimum absolute atomic E-state index is 0.0165. The average molecular weight is 1220 g/mol. The molecule has 1 saturated carbocycles. The lowest BCUT2D eigenvalue weighted by atomic mass is 9.65. The van der Waals surface area contributed by atoms with Crippen LogP contribution in [0.5, 0.6) is 46.0 Å². The standard InChI is InChI=1S/C81H75N3O8/c1-85-65-29-9-53(10-30-65)81(54-11-31-66(86-2)32-12-54)55-13-45-73-74-46-26-63(83(58-18-37-69(89-5)38-19-58)59-20-39-70(90-6)40-21-59)51-79(74)80-52-64(84(60-22-41-71(91-7)42-23-60)61-24-43-72(92-8)44-25-61)28-48-76(80)75-47-27-62(50-78(75)77(73)49-55)82(56-14-33-67(87-3)34-15-56)57-16-35-68(88-4)36-17-57/h9-25,27-45,47-50,52,63,74,79,81H,26,46,51H2,1-8H3. The molecule has 3 atom stereocenters. The van der Waals surface area contributed by atoms with Crippen molar-refractivity contribution in [2.45, 2.75) is 43.1 Å². The Labute approximate surface area is 540 Å². The molecule has 0 aromatic heterocycles. The summed E-state index contributed by atoms with van der Waals surface area (Å²) in [4.78, 5) is 7.22. The third kappa shape index (κ3) is 12.0. The van der Waals surface area contributed by atoms with Crippen molar-refractivity contribution in [2.75, 3.05) is 71.6 Å². The van der Waals surface area contributed by atoms with E-state index in [-0.39, 0.29) is 23.8 Å². The lowest BCUT2D eigenvalue weighted by Gasteiger charge is -2.45. The molecular weight excluding hydrogens is 1140 g/mol. The van der Waals surface area contributed by atoms with Crippen LogP contribution in [0, 0.1) is 0 Å². The number of hydrogen-bond acceptors (Lipinski definition) is 11. The van der Waals surface area contributed by atoms with Gasteiger partial charge in [-0.15, -0.1) is 0 Å². The highest BCUT2D eigenvalue weighted by atomic mass is 16.5. The molecule has 2 aliphatic rings. The zero-order valence-electron chi connectivity index (χ0n) is 53.2.